The van der Waals surface area contributed by atoms with E-state index in [9.17, 15) is 4.39 Å². The van der Waals surface area contributed by atoms with Crippen LogP contribution in [-0.2, 0) is 6.42 Å². The van der Waals surface area contributed by atoms with Gasteiger partial charge in [0, 0.05) is 6.54 Å². The Bertz CT molecular complexity index is 741. The summed E-state index contributed by atoms with van der Waals surface area (Å²) >= 11 is 1.53. The average molecular weight is 288 g/mol. The maximum Gasteiger partial charge on any atom is 0.223 e. The minimum atomic E-state index is -0.214. The summed E-state index contributed by atoms with van der Waals surface area (Å²) in [5.74, 6) is 0.771. The Morgan fingerprint density at radius 1 is 1.25 bits per heavy atom. The summed E-state index contributed by atoms with van der Waals surface area (Å²) in [7, 11) is 0. The second-order valence-electron chi connectivity index (χ2n) is 4.38. The number of nitrogens with zero attached hydrogens (tertiary/aromatic N) is 2. The highest BCUT2D eigenvalue weighted by molar-refractivity contribution is 7.16. The fourth-order valence-electron chi connectivity index (χ4n) is 2.02. The standard InChI is InChI=1S/C14H13FN4S/c15-10-3-1-2-9(8-10)4-6-17-12-11-5-7-20-13(11)19-14(16)18-12/h1-3,5,7-8H,4,6H2,(H3,16,17,18,19). The smallest absolute Gasteiger partial charge is 0.223 e. The number of hydrogen-bond donors (Lipinski definition) is 2. The quantitative estimate of drug-likeness (QED) is 0.774. The maximum absolute atomic E-state index is 13.1. The van der Waals surface area contributed by atoms with Crippen LogP contribution in [0.25, 0.3) is 10.2 Å². The number of hydrogen-bond acceptors (Lipinski definition) is 5. The zero-order valence-corrected chi connectivity index (χ0v) is 11.5. The molecule has 0 atom stereocenters. The molecule has 0 aliphatic rings. The number of anilines is 2. The lowest BCUT2D eigenvalue weighted by Crippen LogP contribution is -2.08. The molecule has 0 fully saturated rings. The van der Waals surface area contributed by atoms with E-state index in [1.807, 2.05) is 17.5 Å². The van der Waals surface area contributed by atoms with Crippen LogP contribution in [0, 0.1) is 5.82 Å². The van der Waals surface area contributed by atoms with E-state index in [0.717, 1.165) is 21.6 Å². The van der Waals surface area contributed by atoms with Crippen LogP contribution in [0.5, 0.6) is 0 Å². The molecule has 6 heteroatoms. The molecule has 0 aliphatic heterocycles. The second-order valence-corrected chi connectivity index (χ2v) is 5.27. The molecule has 0 amide bonds. The minimum Gasteiger partial charge on any atom is -0.369 e. The monoisotopic (exact) mass is 288 g/mol. The van der Waals surface area contributed by atoms with Crippen molar-refractivity contribution in [3.05, 3.63) is 47.1 Å². The third-order valence-electron chi connectivity index (χ3n) is 2.94. The summed E-state index contributed by atoms with van der Waals surface area (Å²) in [6.45, 7) is 0.658. The molecule has 0 aliphatic carbocycles. The van der Waals surface area contributed by atoms with Crippen LogP contribution in [0.2, 0.25) is 0 Å². The predicted molar refractivity (Wildman–Crippen MR) is 80.4 cm³/mol. The Kier molecular flexibility index (Phi) is 3.47. The third kappa shape index (κ3) is 2.70. The summed E-state index contributed by atoms with van der Waals surface area (Å²) in [6, 6.07) is 8.56. The normalized spacial score (nSPS) is 10.8. The largest absolute Gasteiger partial charge is 0.369 e. The van der Waals surface area contributed by atoms with Gasteiger partial charge in [0.25, 0.3) is 0 Å². The van der Waals surface area contributed by atoms with Crippen LogP contribution < -0.4 is 11.1 Å². The molecule has 3 aromatic rings. The number of thiophene rings is 1. The first-order chi connectivity index (χ1) is 9.72. The molecule has 3 rings (SSSR count). The highest BCUT2D eigenvalue weighted by Gasteiger charge is 2.06. The fourth-order valence-corrected chi connectivity index (χ4v) is 2.80. The van der Waals surface area contributed by atoms with Crippen molar-refractivity contribution in [1.82, 2.24) is 9.97 Å². The number of fused-ring (bicyclic) bond motifs is 1. The van der Waals surface area contributed by atoms with Gasteiger partial charge in [-0.2, -0.15) is 4.98 Å². The van der Waals surface area contributed by atoms with Gasteiger partial charge in [-0.3, -0.25) is 0 Å². The van der Waals surface area contributed by atoms with E-state index in [1.54, 1.807) is 6.07 Å². The summed E-state index contributed by atoms with van der Waals surface area (Å²) in [6.07, 6.45) is 0.716. The van der Waals surface area contributed by atoms with E-state index < -0.39 is 0 Å². The number of nitrogens with one attached hydrogen (secondary N) is 1. The van der Waals surface area contributed by atoms with E-state index in [-0.39, 0.29) is 11.8 Å². The number of aromatic nitrogens is 2. The van der Waals surface area contributed by atoms with E-state index in [1.165, 1.54) is 23.5 Å². The van der Waals surface area contributed by atoms with Gasteiger partial charge in [0.05, 0.1) is 5.39 Å². The van der Waals surface area contributed by atoms with Crippen LogP contribution in [-0.4, -0.2) is 16.5 Å². The van der Waals surface area contributed by atoms with Gasteiger partial charge in [0.1, 0.15) is 16.5 Å². The van der Waals surface area contributed by atoms with Gasteiger partial charge in [-0.1, -0.05) is 12.1 Å². The van der Waals surface area contributed by atoms with Gasteiger partial charge in [-0.25, -0.2) is 9.37 Å². The van der Waals surface area contributed by atoms with E-state index in [4.69, 9.17) is 5.73 Å². The van der Waals surface area contributed by atoms with Crippen molar-refractivity contribution in [2.24, 2.45) is 0 Å². The molecular formula is C14H13FN4S. The zero-order valence-electron chi connectivity index (χ0n) is 10.6. The van der Waals surface area contributed by atoms with Crippen molar-refractivity contribution in [1.29, 1.82) is 0 Å². The number of nitrogen functional groups attached to an aromatic ring is 1. The van der Waals surface area contributed by atoms with Crippen molar-refractivity contribution >= 4 is 33.3 Å². The van der Waals surface area contributed by atoms with Gasteiger partial charge in [0.15, 0.2) is 0 Å². The molecule has 0 radical (unpaired) electrons. The Labute approximate surface area is 119 Å². The highest BCUT2D eigenvalue weighted by Crippen LogP contribution is 2.25. The number of benzene rings is 1. The van der Waals surface area contributed by atoms with Gasteiger partial charge >= 0.3 is 0 Å². The number of rotatable bonds is 4. The molecule has 4 nitrogen and oxygen atoms in total. The van der Waals surface area contributed by atoms with Crippen LogP contribution in [0.1, 0.15) is 5.56 Å². The molecule has 0 unspecified atom stereocenters. The van der Waals surface area contributed by atoms with Crippen molar-refractivity contribution in [3.63, 3.8) is 0 Å². The number of halogens is 1. The molecule has 20 heavy (non-hydrogen) atoms. The zero-order chi connectivity index (χ0) is 13.9. The summed E-state index contributed by atoms with van der Waals surface area (Å²) in [5.41, 5.74) is 6.63. The van der Waals surface area contributed by atoms with Gasteiger partial charge < -0.3 is 11.1 Å². The first-order valence-corrected chi connectivity index (χ1v) is 7.09. The van der Waals surface area contributed by atoms with E-state index >= 15 is 0 Å². The van der Waals surface area contributed by atoms with E-state index in [0.29, 0.717) is 13.0 Å². The molecular weight excluding hydrogens is 275 g/mol. The predicted octanol–water partition coefficient (Wildman–Crippen LogP) is 3.07. The lowest BCUT2D eigenvalue weighted by molar-refractivity contribution is 0.625. The molecule has 102 valence electrons. The molecule has 2 heterocycles. The molecule has 3 N–H and O–H groups in total. The van der Waals surface area contributed by atoms with Crippen LogP contribution in [0.4, 0.5) is 16.2 Å². The Morgan fingerprint density at radius 3 is 3.00 bits per heavy atom. The molecule has 0 saturated heterocycles. The first-order valence-electron chi connectivity index (χ1n) is 6.21. The molecule has 1 aromatic carbocycles. The van der Waals surface area contributed by atoms with Crippen LogP contribution >= 0.6 is 11.3 Å². The van der Waals surface area contributed by atoms with Gasteiger partial charge in [-0.15, -0.1) is 11.3 Å². The lowest BCUT2D eigenvalue weighted by Gasteiger charge is -2.07. The summed E-state index contributed by atoms with van der Waals surface area (Å²) in [4.78, 5) is 9.25. The first kappa shape index (κ1) is 12.8. The SMILES string of the molecule is Nc1nc(NCCc2cccc(F)c2)c2ccsc2n1. The molecule has 0 bridgehead atoms. The third-order valence-corrected chi connectivity index (χ3v) is 3.74. The maximum atomic E-state index is 13.1. The minimum absolute atomic E-state index is 0.214. The Morgan fingerprint density at radius 2 is 2.15 bits per heavy atom. The second kappa shape index (κ2) is 5.42. The number of nitrogens with two attached hydrogens (primary N) is 1. The topological polar surface area (TPSA) is 63.8 Å². The van der Waals surface area contributed by atoms with Crippen molar-refractivity contribution in [3.8, 4) is 0 Å². The van der Waals surface area contributed by atoms with Crippen molar-refractivity contribution in [2.45, 2.75) is 6.42 Å². The fraction of sp³-hybridized carbons (Fsp3) is 0.143. The average Bonchev–Trinajstić information content (AvgIpc) is 2.87. The van der Waals surface area contributed by atoms with E-state index in [2.05, 4.69) is 15.3 Å². The molecule has 0 spiro atoms. The van der Waals surface area contributed by atoms with Crippen molar-refractivity contribution in [2.75, 3.05) is 17.6 Å². The lowest BCUT2D eigenvalue weighted by atomic mass is 10.1. The molecule has 2 aromatic heterocycles. The van der Waals surface area contributed by atoms with Gasteiger partial charge in [-0.05, 0) is 35.6 Å². The Balaban J connectivity index is 1.72. The summed E-state index contributed by atoms with van der Waals surface area (Å²) < 4.78 is 13.1. The Hall–Kier alpha value is -2.21. The summed E-state index contributed by atoms with van der Waals surface area (Å²) in [5, 5.41) is 6.15. The van der Waals surface area contributed by atoms with Crippen molar-refractivity contribution < 1.29 is 4.39 Å². The highest BCUT2D eigenvalue weighted by atomic mass is 32.1. The van der Waals surface area contributed by atoms with Crippen LogP contribution in [0.3, 0.4) is 0 Å². The molecule has 0 saturated carbocycles. The van der Waals surface area contributed by atoms with Crippen LogP contribution in [0.15, 0.2) is 35.7 Å². The van der Waals surface area contributed by atoms with Gasteiger partial charge in [0.2, 0.25) is 5.95 Å².